The SMILES string of the molecule is [CH]=C(C(=O)OCCCCCC)C(=O)OCCCCCC. The Kier molecular flexibility index (Phi) is 11.9. The largest absolute Gasteiger partial charge is 0.462 e. The molecule has 1 radical (unpaired) electrons. The molecule has 115 valence electrons. The maximum atomic E-state index is 11.5. The smallest absolute Gasteiger partial charge is 0.345 e. The van der Waals surface area contributed by atoms with Crippen molar-refractivity contribution in [3.63, 3.8) is 0 Å². The fraction of sp³-hybridized carbons (Fsp3) is 0.750. The van der Waals surface area contributed by atoms with Crippen LogP contribution in [0.3, 0.4) is 0 Å². The van der Waals surface area contributed by atoms with Crippen molar-refractivity contribution in [2.24, 2.45) is 0 Å². The van der Waals surface area contributed by atoms with Crippen molar-refractivity contribution in [2.75, 3.05) is 13.2 Å². The molecule has 0 aromatic rings. The van der Waals surface area contributed by atoms with E-state index in [0.29, 0.717) is 13.2 Å². The van der Waals surface area contributed by atoms with E-state index in [0.717, 1.165) is 51.4 Å². The Bertz CT molecular complexity index is 269. The molecule has 0 aliphatic carbocycles. The van der Waals surface area contributed by atoms with Crippen LogP contribution in [-0.2, 0) is 19.1 Å². The minimum Gasteiger partial charge on any atom is -0.462 e. The summed E-state index contributed by atoms with van der Waals surface area (Å²) >= 11 is 0. The van der Waals surface area contributed by atoms with Gasteiger partial charge in [0.05, 0.1) is 13.2 Å². The lowest BCUT2D eigenvalue weighted by Gasteiger charge is -2.07. The zero-order valence-electron chi connectivity index (χ0n) is 12.8. The second-order valence-electron chi connectivity index (χ2n) is 4.81. The van der Waals surface area contributed by atoms with Gasteiger partial charge in [-0.3, -0.25) is 0 Å². The number of ether oxygens (including phenoxy) is 2. The third-order valence-electron chi connectivity index (χ3n) is 2.90. The molecule has 0 rings (SSSR count). The average molecular weight is 283 g/mol. The van der Waals surface area contributed by atoms with E-state index >= 15 is 0 Å². The lowest BCUT2D eigenvalue weighted by molar-refractivity contribution is -0.147. The van der Waals surface area contributed by atoms with Gasteiger partial charge in [-0.15, -0.1) is 0 Å². The predicted octanol–water partition coefficient (Wildman–Crippen LogP) is 3.59. The first kappa shape index (κ1) is 18.7. The van der Waals surface area contributed by atoms with Crippen LogP contribution in [0.2, 0.25) is 0 Å². The summed E-state index contributed by atoms with van der Waals surface area (Å²) in [5.74, 6) is -1.56. The Balaban J connectivity index is 3.70. The summed E-state index contributed by atoms with van der Waals surface area (Å²) in [6.07, 6.45) is 8.04. The van der Waals surface area contributed by atoms with E-state index in [-0.39, 0.29) is 0 Å². The minimum absolute atomic E-state index is 0.295. The Labute approximate surface area is 122 Å². The first-order valence-corrected chi connectivity index (χ1v) is 7.60. The van der Waals surface area contributed by atoms with E-state index in [2.05, 4.69) is 13.8 Å². The van der Waals surface area contributed by atoms with Crippen molar-refractivity contribution in [3.05, 3.63) is 12.2 Å². The molecule has 0 aromatic carbocycles. The Hall–Kier alpha value is -1.32. The molecule has 0 spiro atoms. The average Bonchev–Trinajstić information content (AvgIpc) is 2.45. The third-order valence-corrected chi connectivity index (χ3v) is 2.90. The summed E-state index contributed by atoms with van der Waals surface area (Å²) in [5, 5.41) is 0. The number of hydrogen-bond acceptors (Lipinski definition) is 4. The molecule has 0 atom stereocenters. The van der Waals surface area contributed by atoms with E-state index in [1.54, 1.807) is 0 Å². The highest BCUT2D eigenvalue weighted by Crippen LogP contribution is 2.04. The second kappa shape index (κ2) is 12.7. The van der Waals surface area contributed by atoms with Crippen LogP contribution in [-0.4, -0.2) is 25.2 Å². The van der Waals surface area contributed by atoms with Gasteiger partial charge in [-0.25, -0.2) is 9.59 Å². The lowest BCUT2D eigenvalue weighted by Crippen LogP contribution is -2.18. The zero-order chi connectivity index (χ0) is 15.2. The molecule has 4 nitrogen and oxygen atoms in total. The molecule has 0 N–H and O–H groups in total. The van der Waals surface area contributed by atoms with Gasteiger partial charge in [0.15, 0.2) is 0 Å². The molecular weight excluding hydrogens is 256 g/mol. The van der Waals surface area contributed by atoms with Crippen LogP contribution in [0, 0.1) is 6.58 Å². The van der Waals surface area contributed by atoms with Crippen molar-refractivity contribution >= 4 is 11.9 Å². The van der Waals surface area contributed by atoms with Crippen molar-refractivity contribution < 1.29 is 19.1 Å². The van der Waals surface area contributed by atoms with Gasteiger partial charge in [0, 0.05) is 0 Å². The van der Waals surface area contributed by atoms with E-state index < -0.39 is 17.5 Å². The standard InChI is InChI=1S/C16H27O4/c1-4-6-8-10-12-19-15(17)14(3)16(18)20-13-11-9-7-5-2/h3H,4-13H2,1-2H3. The number of unbranched alkanes of at least 4 members (excludes halogenated alkanes) is 6. The van der Waals surface area contributed by atoms with E-state index in [4.69, 9.17) is 16.1 Å². The molecular formula is C16H27O4. The molecule has 0 amide bonds. The molecule has 0 bridgehead atoms. The lowest BCUT2D eigenvalue weighted by atomic mass is 10.2. The monoisotopic (exact) mass is 283 g/mol. The molecule has 0 unspecified atom stereocenters. The van der Waals surface area contributed by atoms with Crippen LogP contribution < -0.4 is 0 Å². The molecule has 0 aliphatic rings. The number of carbonyl (C=O) groups is 2. The van der Waals surface area contributed by atoms with Crippen LogP contribution >= 0.6 is 0 Å². The van der Waals surface area contributed by atoms with Crippen molar-refractivity contribution in [1.29, 1.82) is 0 Å². The number of esters is 2. The summed E-state index contributed by atoms with van der Waals surface area (Å²) in [7, 11) is 0. The minimum atomic E-state index is -0.778. The zero-order valence-corrected chi connectivity index (χ0v) is 12.8. The first-order valence-electron chi connectivity index (χ1n) is 7.60. The summed E-state index contributed by atoms with van der Waals surface area (Å²) in [6.45, 7) is 10.2. The third kappa shape index (κ3) is 9.59. The molecule has 20 heavy (non-hydrogen) atoms. The summed E-state index contributed by atoms with van der Waals surface area (Å²) in [6, 6.07) is 0. The van der Waals surface area contributed by atoms with Gasteiger partial charge in [-0.1, -0.05) is 52.4 Å². The van der Waals surface area contributed by atoms with Gasteiger partial charge < -0.3 is 9.47 Å². The van der Waals surface area contributed by atoms with E-state index in [9.17, 15) is 9.59 Å². The quantitative estimate of drug-likeness (QED) is 0.180. The van der Waals surface area contributed by atoms with Crippen LogP contribution in [0.1, 0.15) is 65.2 Å². The molecule has 4 heteroatoms. The molecule has 0 aromatic heterocycles. The molecule has 0 saturated heterocycles. The normalized spacial score (nSPS) is 10.1. The highest BCUT2D eigenvalue weighted by atomic mass is 16.6. The van der Waals surface area contributed by atoms with Crippen LogP contribution in [0.15, 0.2) is 5.57 Å². The summed E-state index contributed by atoms with van der Waals surface area (Å²) < 4.78 is 9.83. The fourth-order valence-corrected chi connectivity index (χ4v) is 1.63. The highest BCUT2D eigenvalue weighted by molar-refractivity contribution is 6.12. The van der Waals surface area contributed by atoms with Gasteiger partial charge in [-0.2, -0.15) is 0 Å². The van der Waals surface area contributed by atoms with Crippen LogP contribution in [0.25, 0.3) is 0 Å². The van der Waals surface area contributed by atoms with Gasteiger partial charge >= 0.3 is 11.9 Å². The van der Waals surface area contributed by atoms with Crippen LogP contribution in [0.4, 0.5) is 0 Å². The summed E-state index contributed by atoms with van der Waals surface area (Å²) in [5.41, 5.74) is -0.462. The maximum absolute atomic E-state index is 11.5. The number of rotatable bonds is 12. The molecule has 0 saturated carbocycles. The van der Waals surface area contributed by atoms with Gasteiger partial charge in [-0.05, 0) is 19.4 Å². The van der Waals surface area contributed by atoms with Gasteiger partial charge in [0.2, 0.25) is 0 Å². The molecule has 0 heterocycles. The molecule has 0 aliphatic heterocycles. The van der Waals surface area contributed by atoms with Crippen molar-refractivity contribution in [1.82, 2.24) is 0 Å². The van der Waals surface area contributed by atoms with Crippen molar-refractivity contribution in [2.45, 2.75) is 65.2 Å². The van der Waals surface area contributed by atoms with E-state index in [1.807, 2.05) is 0 Å². The van der Waals surface area contributed by atoms with Crippen molar-refractivity contribution in [3.8, 4) is 0 Å². The molecule has 0 fully saturated rings. The maximum Gasteiger partial charge on any atom is 0.345 e. The van der Waals surface area contributed by atoms with E-state index in [1.165, 1.54) is 0 Å². The topological polar surface area (TPSA) is 52.6 Å². The van der Waals surface area contributed by atoms with Crippen LogP contribution in [0.5, 0.6) is 0 Å². The van der Waals surface area contributed by atoms with Gasteiger partial charge in [0.1, 0.15) is 5.57 Å². The van der Waals surface area contributed by atoms with Gasteiger partial charge in [0.25, 0.3) is 0 Å². The Morgan fingerprint density at radius 1 is 0.750 bits per heavy atom. The summed E-state index contributed by atoms with van der Waals surface area (Å²) in [4.78, 5) is 22.9. The number of carbonyl (C=O) groups excluding carboxylic acids is 2. The Morgan fingerprint density at radius 3 is 1.50 bits per heavy atom. The fourth-order valence-electron chi connectivity index (χ4n) is 1.63. The Morgan fingerprint density at radius 2 is 1.15 bits per heavy atom. The highest BCUT2D eigenvalue weighted by Gasteiger charge is 2.18. The predicted molar refractivity (Wildman–Crippen MR) is 78.0 cm³/mol. The second-order valence-corrected chi connectivity index (χ2v) is 4.81. The first-order chi connectivity index (χ1) is 9.63. The number of hydrogen-bond donors (Lipinski definition) is 0.